The summed E-state index contributed by atoms with van der Waals surface area (Å²) < 4.78 is 4.93. The Hall–Kier alpha value is -1.26. The Morgan fingerprint density at radius 3 is 2.00 bits per heavy atom. The molecule has 0 aliphatic carbocycles. The number of carbonyl (C=O) groups excluding carboxylic acids is 2. The molecule has 0 aromatic heterocycles. The number of carbonyl (C=O) groups is 2. The van der Waals surface area contributed by atoms with Crippen LogP contribution in [0.3, 0.4) is 0 Å². The van der Waals surface area contributed by atoms with Crippen molar-refractivity contribution in [2.45, 2.75) is 46.3 Å². The maximum absolute atomic E-state index is 11.3. The van der Waals surface area contributed by atoms with Gasteiger partial charge in [-0.2, -0.15) is 0 Å². The zero-order chi connectivity index (χ0) is 12.2. The highest BCUT2D eigenvalue weighted by Crippen LogP contribution is 2.08. The van der Waals surface area contributed by atoms with E-state index in [0.717, 1.165) is 0 Å². The Kier molecular flexibility index (Phi) is 4.58. The van der Waals surface area contributed by atoms with Crippen LogP contribution in [-0.2, 0) is 9.53 Å². The van der Waals surface area contributed by atoms with Crippen LogP contribution in [0.5, 0.6) is 0 Å². The Balaban J connectivity index is 4.31. The molecule has 1 amide bonds. The number of carboxylic acids is 1. The van der Waals surface area contributed by atoms with Gasteiger partial charge in [-0.1, -0.05) is 13.8 Å². The standard InChI is InChI=1S/C10H19NO4/c1-6(2)7(8(12)13)11-9(14)15-10(3,4)5/h6-7H,1-5H3,(H,11,14)(H,12,13)/p-1/t7-/m0/s1. The third kappa shape index (κ3) is 5.93. The smallest absolute Gasteiger partial charge is 0.408 e. The highest BCUT2D eigenvalue weighted by atomic mass is 16.6. The van der Waals surface area contributed by atoms with Gasteiger partial charge in [0.25, 0.3) is 0 Å². The Bertz CT molecular complexity index is 242. The normalized spacial score (nSPS) is 13.5. The van der Waals surface area contributed by atoms with Gasteiger partial charge >= 0.3 is 6.09 Å². The van der Waals surface area contributed by atoms with Crippen LogP contribution in [0.15, 0.2) is 0 Å². The highest BCUT2D eigenvalue weighted by Gasteiger charge is 2.21. The number of alkyl carbamates (subject to hydrolysis) is 1. The van der Waals surface area contributed by atoms with E-state index in [9.17, 15) is 14.7 Å². The lowest BCUT2D eigenvalue weighted by molar-refractivity contribution is -0.309. The van der Waals surface area contributed by atoms with Crippen LogP contribution in [0.4, 0.5) is 4.79 Å². The highest BCUT2D eigenvalue weighted by molar-refractivity contribution is 5.78. The van der Waals surface area contributed by atoms with Crippen LogP contribution in [-0.4, -0.2) is 23.7 Å². The Morgan fingerprint density at radius 2 is 1.73 bits per heavy atom. The van der Waals surface area contributed by atoms with E-state index in [1.807, 2.05) is 0 Å². The van der Waals surface area contributed by atoms with Gasteiger partial charge in [-0.3, -0.25) is 0 Å². The average Bonchev–Trinajstić information content (AvgIpc) is 1.95. The monoisotopic (exact) mass is 216 g/mol. The summed E-state index contributed by atoms with van der Waals surface area (Å²) in [5, 5.41) is 12.9. The molecule has 15 heavy (non-hydrogen) atoms. The molecule has 0 heterocycles. The van der Waals surface area contributed by atoms with Crippen LogP contribution < -0.4 is 10.4 Å². The topological polar surface area (TPSA) is 78.5 Å². The van der Waals surface area contributed by atoms with Gasteiger partial charge in [0.1, 0.15) is 5.60 Å². The van der Waals surface area contributed by atoms with Crippen molar-refractivity contribution in [2.24, 2.45) is 5.92 Å². The van der Waals surface area contributed by atoms with Gasteiger partial charge in [-0.05, 0) is 26.7 Å². The molecule has 0 spiro atoms. The van der Waals surface area contributed by atoms with E-state index in [1.165, 1.54) is 0 Å². The summed E-state index contributed by atoms with van der Waals surface area (Å²) in [6.45, 7) is 8.47. The van der Waals surface area contributed by atoms with Crippen molar-refractivity contribution in [3.63, 3.8) is 0 Å². The van der Waals surface area contributed by atoms with Crippen LogP contribution in [0, 0.1) is 5.92 Å². The van der Waals surface area contributed by atoms with Crippen LogP contribution in [0.2, 0.25) is 0 Å². The van der Waals surface area contributed by atoms with E-state index >= 15 is 0 Å². The number of rotatable bonds is 3. The zero-order valence-electron chi connectivity index (χ0n) is 9.79. The molecular weight excluding hydrogens is 198 g/mol. The first-order valence-electron chi connectivity index (χ1n) is 4.84. The predicted octanol–water partition coefficient (Wildman–Crippen LogP) is 0.286. The lowest BCUT2D eigenvalue weighted by Gasteiger charge is -2.26. The molecule has 1 atom stereocenters. The molecule has 5 nitrogen and oxygen atoms in total. The summed E-state index contributed by atoms with van der Waals surface area (Å²) in [5.74, 6) is -1.56. The summed E-state index contributed by atoms with van der Waals surface area (Å²) in [4.78, 5) is 21.9. The maximum atomic E-state index is 11.3. The fraction of sp³-hybridized carbons (Fsp3) is 0.800. The molecule has 0 aliphatic heterocycles. The molecule has 0 aromatic carbocycles. The van der Waals surface area contributed by atoms with Crippen LogP contribution in [0.25, 0.3) is 0 Å². The number of carboxylic acid groups (broad SMARTS) is 1. The molecule has 0 bridgehead atoms. The molecule has 0 saturated heterocycles. The number of hydrogen-bond donors (Lipinski definition) is 1. The number of hydrogen-bond acceptors (Lipinski definition) is 4. The number of nitrogens with one attached hydrogen (secondary N) is 1. The van der Waals surface area contributed by atoms with E-state index in [4.69, 9.17) is 4.74 Å². The Morgan fingerprint density at radius 1 is 1.27 bits per heavy atom. The summed E-state index contributed by atoms with van der Waals surface area (Å²) in [5.41, 5.74) is -0.641. The summed E-state index contributed by atoms with van der Waals surface area (Å²) in [6.07, 6.45) is -0.745. The lowest BCUT2D eigenvalue weighted by atomic mass is 10.1. The van der Waals surface area contributed by atoms with Crippen molar-refractivity contribution in [1.82, 2.24) is 5.32 Å². The van der Waals surface area contributed by atoms with E-state index in [0.29, 0.717) is 0 Å². The number of aliphatic carboxylic acids is 1. The van der Waals surface area contributed by atoms with E-state index in [1.54, 1.807) is 34.6 Å². The van der Waals surface area contributed by atoms with Gasteiger partial charge in [-0.15, -0.1) is 0 Å². The van der Waals surface area contributed by atoms with Gasteiger partial charge in [0, 0.05) is 0 Å². The zero-order valence-corrected chi connectivity index (χ0v) is 9.79. The van der Waals surface area contributed by atoms with E-state index < -0.39 is 23.7 Å². The molecule has 5 heteroatoms. The first-order chi connectivity index (χ1) is 6.63. The van der Waals surface area contributed by atoms with E-state index in [-0.39, 0.29) is 5.92 Å². The molecule has 0 aromatic rings. The van der Waals surface area contributed by atoms with Gasteiger partial charge < -0.3 is 20.0 Å². The fourth-order valence-electron chi connectivity index (χ4n) is 0.932. The minimum absolute atomic E-state index is 0.248. The SMILES string of the molecule is CC(C)[C@H](NC(=O)OC(C)(C)C)C(=O)[O-]. The molecule has 0 saturated carbocycles. The van der Waals surface area contributed by atoms with Crippen LogP contribution in [0.1, 0.15) is 34.6 Å². The summed E-state index contributed by atoms with van der Waals surface area (Å²) >= 11 is 0. The molecule has 0 radical (unpaired) electrons. The van der Waals surface area contributed by atoms with Crippen molar-refractivity contribution < 1.29 is 19.4 Å². The average molecular weight is 216 g/mol. The molecule has 0 unspecified atom stereocenters. The Labute approximate surface area is 89.8 Å². The summed E-state index contributed by atoms with van der Waals surface area (Å²) in [6, 6.07) is -1.03. The summed E-state index contributed by atoms with van der Waals surface area (Å²) in [7, 11) is 0. The first kappa shape index (κ1) is 13.7. The molecule has 1 N–H and O–H groups in total. The lowest BCUT2D eigenvalue weighted by Crippen LogP contribution is -2.51. The third-order valence-corrected chi connectivity index (χ3v) is 1.59. The van der Waals surface area contributed by atoms with Crippen molar-refractivity contribution in [1.29, 1.82) is 0 Å². The van der Waals surface area contributed by atoms with Gasteiger partial charge in [0.05, 0.1) is 12.0 Å². The third-order valence-electron chi connectivity index (χ3n) is 1.59. The second-order valence-electron chi connectivity index (χ2n) is 4.69. The largest absolute Gasteiger partial charge is 0.548 e. The van der Waals surface area contributed by atoms with Crippen molar-refractivity contribution in [3.8, 4) is 0 Å². The van der Waals surface area contributed by atoms with Crippen molar-refractivity contribution >= 4 is 12.1 Å². The molecule has 88 valence electrons. The minimum Gasteiger partial charge on any atom is -0.548 e. The van der Waals surface area contributed by atoms with Gasteiger partial charge in [-0.25, -0.2) is 4.79 Å². The van der Waals surface area contributed by atoms with E-state index in [2.05, 4.69) is 5.32 Å². The maximum Gasteiger partial charge on any atom is 0.408 e. The number of amides is 1. The van der Waals surface area contributed by atoms with Gasteiger partial charge in [0.15, 0.2) is 0 Å². The van der Waals surface area contributed by atoms with Crippen LogP contribution >= 0.6 is 0 Å². The number of ether oxygens (including phenoxy) is 1. The quantitative estimate of drug-likeness (QED) is 0.735. The predicted molar refractivity (Wildman–Crippen MR) is 53.0 cm³/mol. The first-order valence-corrected chi connectivity index (χ1v) is 4.84. The minimum atomic E-state index is -1.31. The second-order valence-corrected chi connectivity index (χ2v) is 4.69. The molecule has 0 fully saturated rings. The molecule has 0 aliphatic rings. The molecular formula is C10H18NO4-. The van der Waals surface area contributed by atoms with Gasteiger partial charge in [0.2, 0.25) is 0 Å². The van der Waals surface area contributed by atoms with Crippen molar-refractivity contribution in [3.05, 3.63) is 0 Å². The second kappa shape index (κ2) is 5.00. The fourth-order valence-corrected chi connectivity index (χ4v) is 0.932. The molecule has 0 rings (SSSR count). The van der Waals surface area contributed by atoms with Crippen molar-refractivity contribution in [2.75, 3.05) is 0 Å².